The lowest BCUT2D eigenvalue weighted by atomic mass is 9.94. The number of imide groups is 1. The highest BCUT2D eigenvalue weighted by Gasteiger charge is 2.35. The molecular weight excluding hydrogens is 428 g/mol. The molecule has 0 aromatic heterocycles. The van der Waals surface area contributed by atoms with Gasteiger partial charge in [0, 0.05) is 18.8 Å². The highest BCUT2D eigenvalue weighted by atomic mass is 16.6. The van der Waals surface area contributed by atoms with Gasteiger partial charge in [-0.2, -0.15) is 0 Å². The van der Waals surface area contributed by atoms with Gasteiger partial charge in [-0.05, 0) is 42.2 Å². The van der Waals surface area contributed by atoms with E-state index in [1.807, 2.05) is 60.7 Å². The Morgan fingerprint density at radius 2 is 1.47 bits per heavy atom. The number of hydrogen-bond donors (Lipinski definition) is 0. The molecule has 1 heterocycles. The van der Waals surface area contributed by atoms with E-state index < -0.39 is 17.9 Å². The summed E-state index contributed by atoms with van der Waals surface area (Å²) in [7, 11) is 0. The second kappa shape index (κ2) is 10.8. The van der Waals surface area contributed by atoms with Gasteiger partial charge >= 0.3 is 6.09 Å². The number of nitrogens with zero attached hydrogens (tertiary/aromatic N) is 2. The third-order valence-corrected chi connectivity index (χ3v) is 5.96. The van der Waals surface area contributed by atoms with Crippen LogP contribution in [0.3, 0.4) is 0 Å². The van der Waals surface area contributed by atoms with E-state index >= 15 is 0 Å². The van der Waals surface area contributed by atoms with Crippen LogP contribution in [0.4, 0.5) is 10.5 Å². The maximum Gasteiger partial charge on any atom is 0.416 e. The number of ketones is 1. The molecule has 4 rings (SSSR count). The lowest BCUT2D eigenvalue weighted by molar-refractivity contribution is -0.137. The van der Waals surface area contributed by atoms with Gasteiger partial charge in [0.15, 0.2) is 0 Å². The summed E-state index contributed by atoms with van der Waals surface area (Å²) in [6, 6.07) is 28.4. The van der Waals surface area contributed by atoms with Gasteiger partial charge in [0.25, 0.3) is 0 Å². The first-order valence-electron chi connectivity index (χ1n) is 11.4. The fourth-order valence-electron chi connectivity index (χ4n) is 4.15. The zero-order valence-corrected chi connectivity index (χ0v) is 19.2. The molecule has 0 N–H and O–H groups in total. The molecule has 174 valence electrons. The summed E-state index contributed by atoms with van der Waals surface area (Å²) in [5.74, 6) is -1.68. The van der Waals surface area contributed by atoms with Crippen molar-refractivity contribution < 1.29 is 19.1 Å². The Kier molecular flexibility index (Phi) is 7.38. The second-order valence-electron chi connectivity index (χ2n) is 8.47. The Bertz CT molecular complexity index is 1110. The molecule has 6 heteroatoms. The number of benzene rings is 3. The van der Waals surface area contributed by atoms with E-state index in [9.17, 15) is 14.4 Å². The molecule has 1 saturated heterocycles. The van der Waals surface area contributed by atoms with Crippen LogP contribution in [0.2, 0.25) is 0 Å². The van der Waals surface area contributed by atoms with Gasteiger partial charge in [0.05, 0.1) is 6.54 Å². The summed E-state index contributed by atoms with van der Waals surface area (Å²) in [6.45, 7) is 3.18. The number of carbonyl (C=O) groups is 3. The standard InChI is InChI=1S/C28H28N2O4/c1-21(31)26(27(32)30-15-16-34-28(30)33)18-24-13-8-14-25(17-24)29(19-22-9-4-2-5-10-22)20-23-11-6-3-7-12-23/h2-14,17,26H,15-16,18-20H2,1H3. The molecule has 0 bridgehead atoms. The zero-order valence-electron chi connectivity index (χ0n) is 19.2. The molecular formula is C28H28N2O4. The molecule has 3 aromatic rings. The molecule has 1 fully saturated rings. The number of ether oxygens (including phenoxy) is 1. The molecule has 1 unspecified atom stereocenters. The smallest absolute Gasteiger partial charge is 0.416 e. The minimum Gasteiger partial charge on any atom is -0.447 e. The predicted molar refractivity (Wildman–Crippen MR) is 130 cm³/mol. The van der Waals surface area contributed by atoms with Crippen molar-refractivity contribution >= 4 is 23.5 Å². The summed E-state index contributed by atoms with van der Waals surface area (Å²) in [4.78, 5) is 40.4. The quantitative estimate of drug-likeness (QED) is 0.440. The van der Waals surface area contributed by atoms with Gasteiger partial charge in [-0.25, -0.2) is 9.69 Å². The first-order valence-corrected chi connectivity index (χ1v) is 11.4. The Morgan fingerprint density at radius 1 is 0.882 bits per heavy atom. The maximum absolute atomic E-state index is 12.9. The van der Waals surface area contributed by atoms with E-state index in [0.717, 1.165) is 16.2 Å². The monoisotopic (exact) mass is 456 g/mol. The molecule has 0 spiro atoms. The van der Waals surface area contributed by atoms with Crippen molar-refractivity contribution in [3.8, 4) is 0 Å². The average molecular weight is 457 g/mol. The minimum atomic E-state index is -0.919. The van der Waals surface area contributed by atoms with Crippen LogP contribution in [-0.4, -0.2) is 35.8 Å². The summed E-state index contributed by atoms with van der Waals surface area (Å²) < 4.78 is 4.88. The first kappa shape index (κ1) is 23.2. The van der Waals surface area contributed by atoms with Crippen LogP contribution >= 0.6 is 0 Å². The van der Waals surface area contributed by atoms with Crippen LogP contribution in [-0.2, 0) is 33.8 Å². The van der Waals surface area contributed by atoms with Crippen LogP contribution in [0.25, 0.3) is 0 Å². The Balaban J connectivity index is 1.58. The summed E-state index contributed by atoms with van der Waals surface area (Å²) in [5, 5.41) is 0. The lowest BCUT2D eigenvalue weighted by Crippen LogP contribution is -2.40. The van der Waals surface area contributed by atoms with E-state index in [0.29, 0.717) is 13.1 Å². The fourth-order valence-corrected chi connectivity index (χ4v) is 4.15. The molecule has 0 aliphatic carbocycles. The van der Waals surface area contributed by atoms with Crippen molar-refractivity contribution in [3.05, 3.63) is 102 Å². The van der Waals surface area contributed by atoms with E-state index in [4.69, 9.17) is 4.74 Å². The third kappa shape index (κ3) is 5.70. The molecule has 3 aromatic carbocycles. The summed E-state index contributed by atoms with van der Waals surface area (Å²) >= 11 is 0. The van der Waals surface area contributed by atoms with Crippen LogP contribution < -0.4 is 4.90 Å². The summed E-state index contributed by atoms with van der Waals surface area (Å²) in [6.07, 6.45) is -0.446. The van der Waals surface area contributed by atoms with Gasteiger partial charge in [-0.3, -0.25) is 9.59 Å². The van der Waals surface area contributed by atoms with E-state index in [2.05, 4.69) is 29.2 Å². The predicted octanol–water partition coefficient (Wildman–Crippen LogP) is 4.62. The highest BCUT2D eigenvalue weighted by molar-refractivity contribution is 6.05. The number of Topliss-reactive ketones (excluding diaryl/α,β-unsaturated/α-hetero) is 1. The number of amides is 2. The number of carbonyl (C=O) groups excluding carboxylic acids is 3. The lowest BCUT2D eigenvalue weighted by Gasteiger charge is -2.26. The van der Waals surface area contributed by atoms with Crippen LogP contribution in [0.15, 0.2) is 84.9 Å². The van der Waals surface area contributed by atoms with Gasteiger partial charge in [0.1, 0.15) is 18.3 Å². The van der Waals surface area contributed by atoms with Crippen molar-refractivity contribution in [2.45, 2.75) is 26.4 Å². The Labute approximate surface area is 199 Å². The zero-order chi connectivity index (χ0) is 23.9. The van der Waals surface area contributed by atoms with Crippen molar-refractivity contribution in [2.24, 2.45) is 5.92 Å². The molecule has 34 heavy (non-hydrogen) atoms. The Morgan fingerprint density at radius 3 is 2.00 bits per heavy atom. The van der Waals surface area contributed by atoms with Gasteiger partial charge in [-0.1, -0.05) is 72.8 Å². The average Bonchev–Trinajstić information content (AvgIpc) is 3.29. The van der Waals surface area contributed by atoms with Gasteiger partial charge in [-0.15, -0.1) is 0 Å². The first-order chi connectivity index (χ1) is 16.5. The van der Waals surface area contributed by atoms with Crippen LogP contribution in [0.5, 0.6) is 0 Å². The molecule has 1 aliphatic rings. The number of hydrogen-bond acceptors (Lipinski definition) is 5. The van der Waals surface area contributed by atoms with E-state index in [1.54, 1.807) is 0 Å². The molecule has 2 amide bonds. The van der Waals surface area contributed by atoms with Crippen LogP contribution in [0.1, 0.15) is 23.6 Å². The normalized spacial score (nSPS) is 13.9. The minimum absolute atomic E-state index is 0.165. The third-order valence-electron chi connectivity index (χ3n) is 5.96. The topological polar surface area (TPSA) is 66.9 Å². The van der Waals surface area contributed by atoms with Crippen molar-refractivity contribution in [3.63, 3.8) is 0 Å². The van der Waals surface area contributed by atoms with Gasteiger partial charge in [0.2, 0.25) is 5.91 Å². The van der Waals surface area contributed by atoms with Gasteiger partial charge < -0.3 is 9.64 Å². The highest BCUT2D eigenvalue weighted by Crippen LogP contribution is 2.24. The molecule has 1 aliphatic heterocycles. The van der Waals surface area contributed by atoms with Crippen molar-refractivity contribution in [1.82, 2.24) is 4.90 Å². The molecule has 0 saturated carbocycles. The molecule has 6 nitrogen and oxygen atoms in total. The number of cyclic esters (lactones) is 1. The maximum atomic E-state index is 12.9. The number of anilines is 1. The van der Waals surface area contributed by atoms with Crippen LogP contribution in [0, 0.1) is 5.92 Å². The number of rotatable bonds is 9. The van der Waals surface area contributed by atoms with Crippen molar-refractivity contribution in [2.75, 3.05) is 18.1 Å². The molecule has 1 atom stereocenters. The molecule has 0 radical (unpaired) electrons. The Hall–Kier alpha value is -3.93. The second-order valence-corrected chi connectivity index (χ2v) is 8.47. The van der Waals surface area contributed by atoms with E-state index in [1.165, 1.54) is 18.1 Å². The SMILES string of the molecule is CC(=O)C(Cc1cccc(N(Cc2ccccc2)Cc2ccccc2)c1)C(=O)N1CCOC1=O. The van der Waals surface area contributed by atoms with Crippen molar-refractivity contribution in [1.29, 1.82) is 0 Å². The largest absolute Gasteiger partial charge is 0.447 e. The fraction of sp³-hybridized carbons (Fsp3) is 0.250. The van der Waals surface area contributed by atoms with E-state index in [-0.39, 0.29) is 25.4 Å². The summed E-state index contributed by atoms with van der Waals surface area (Å²) in [5.41, 5.74) is 4.24.